The molecule has 3 N–H and O–H groups in total. The van der Waals surface area contributed by atoms with Crippen LogP contribution < -0.4 is 20.1 Å². The normalized spacial score (nSPS) is 20.6. The summed E-state index contributed by atoms with van der Waals surface area (Å²) in [7, 11) is -0.303. The quantitative estimate of drug-likeness (QED) is 0.282. The summed E-state index contributed by atoms with van der Waals surface area (Å²) in [5.74, 6) is 6.09. The first kappa shape index (κ1) is 28.5. The van der Waals surface area contributed by atoms with Gasteiger partial charge in [0.15, 0.2) is 0 Å². The van der Waals surface area contributed by atoms with Gasteiger partial charge in [0, 0.05) is 25.7 Å². The van der Waals surface area contributed by atoms with Crippen LogP contribution in [0.3, 0.4) is 0 Å². The lowest BCUT2D eigenvalue weighted by molar-refractivity contribution is -0.126. The third-order valence-electron chi connectivity index (χ3n) is 6.97. The Kier molecular flexibility index (Phi) is 7.89. The van der Waals surface area contributed by atoms with Gasteiger partial charge in [-0.05, 0) is 42.1 Å². The molecule has 5 rings (SSSR count). The molecule has 0 bridgehead atoms. The van der Waals surface area contributed by atoms with E-state index in [1.807, 2.05) is 11.9 Å². The highest BCUT2D eigenvalue weighted by Crippen LogP contribution is 2.40. The molecule has 0 radical (unpaired) electrons. The van der Waals surface area contributed by atoms with E-state index in [4.69, 9.17) is 4.74 Å². The molecular formula is C27H28F4N4O3S2. The lowest BCUT2D eigenvalue weighted by Crippen LogP contribution is -2.46. The molecule has 0 unspecified atom stereocenters. The number of benzene rings is 2. The number of piperidine rings is 1. The largest absolute Gasteiger partial charge is 0.495 e. The number of ether oxygens (including phenoxy) is 1. The minimum atomic E-state index is -4.43. The average Bonchev–Trinajstić information content (AvgIpc) is 3.38. The molecule has 2 aliphatic rings. The molecule has 0 spiro atoms. The third-order valence-corrected chi connectivity index (χ3v) is 9.65. The monoisotopic (exact) mass is 596 g/mol. The number of methoxy groups -OCH3 is 1. The van der Waals surface area contributed by atoms with Crippen LogP contribution in [-0.4, -0.2) is 65.5 Å². The van der Waals surface area contributed by atoms with Gasteiger partial charge in [-0.3, -0.25) is 0 Å². The summed E-state index contributed by atoms with van der Waals surface area (Å²) in [4.78, 5) is 2.35. The predicted molar refractivity (Wildman–Crippen MR) is 148 cm³/mol. The number of hydrogen-bond acceptors (Lipinski definition) is 7. The van der Waals surface area contributed by atoms with Gasteiger partial charge in [-0.1, -0.05) is 24.0 Å². The number of fused-ring (bicyclic) bond motifs is 2. The SMILES string of the molecule is COc1cc2c(cc1NCC#Cc1sc3c(N[C@@H]4CCN(C)C[C@@H]4F)cccc3c1CC(F)(F)F)CNS2(=O)=O. The van der Waals surface area contributed by atoms with Crippen molar-refractivity contribution in [2.24, 2.45) is 0 Å². The van der Waals surface area contributed by atoms with E-state index >= 15 is 0 Å². The highest BCUT2D eigenvalue weighted by molar-refractivity contribution is 7.89. The number of sulfonamides is 1. The fraction of sp³-hybridized carbons (Fsp3) is 0.407. The molecule has 2 aliphatic heterocycles. The van der Waals surface area contributed by atoms with Crippen LogP contribution in [0.2, 0.25) is 0 Å². The number of halogens is 4. The second-order valence-electron chi connectivity index (χ2n) is 9.84. The molecule has 2 aromatic carbocycles. The Morgan fingerprint density at radius 3 is 2.77 bits per heavy atom. The molecule has 3 heterocycles. The van der Waals surface area contributed by atoms with Gasteiger partial charge in [0.25, 0.3) is 0 Å². The van der Waals surface area contributed by atoms with E-state index in [0.29, 0.717) is 50.6 Å². The Morgan fingerprint density at radius 1 is 1.25 bits per heavy atom. The molecule has 1 saturated heterocycles. The van der Waals surface area contributed by atoms with Crippen molar-refractivity contribution in [1.29, 1.82) is 0 Å². The summed E-state index contributed by atoms with van der Waals surface area (Å²) in [5, 5.41) is 6.75. The molecular weight excluding hydrogens is 568 g/mol. The molecule has 0 aliphatic carbocycles. The number of thiophene rings is 1. The highest BCUT2D eigenvalue weighted by Gasteiger charge is 2.32. The average molecular weight is 597 g/mol. The second kappa shape index (κ2) is 11.1. The van der Waals surface area contributed by atoms with Crippen molar-refractivity contribution in [1.82, 2.24) is 9.62 Å². The van der Waals surface area contributed by atoms with E-state index < -0.39 is 34.8 Å². The van der Waals surface area contributed by atoms with Crippen LogP contribution in [0.4, 0.5) is 28.9 Å². The predicted octanol–water partition coefficient (Wildman–Crippen LogP) is 4.72. The molecule has 40 heavy (non-hydrogen) atoms. The first-order valence-electron chi connectivity index (χ1n) is 12.6. The van der Waals surface area contributed by atoms with Crippen LogP contribution >= 0.6 is 11.3 Å². The number of rotatable bonds is 6. The Balaban J connectivity index is 1.42. The van der Waals surface area contributed by atoms with Crippen molar-refractivity contribution in [3.8, 4) is 17.6 Å². The minimum Gasteiger partial charge on any atom is -0.495 e. The zero-order valence-electron chi connectivity index (χ0n) is 21.8. The maximum Gasteiger partial charge on any atom is 0.393 e. The zero-order valence-corrected chi connectivity index (χ0v) is 23.4. The Hall–Kier alpha value is -3.05. The first-order chi connectivity index (χ1) is 18.9. The van der Waals surface area contributed by atoms with Crippen LogP contribution in [0, 0.1) is 11.8 Å². The second-order valence-corrected chi connectivity index (χ2v) is 12.6. The topological polar surface area (TPSA) is 82.7 Å². The first-order valence-corrected chi connectivity index (χ1v) is 14.9. The lowest BCUT2D eigenvalue weighted by atomic mass is 10.0. The van der Waals surface area contributed by atoms with Crippen molar-refractivity contribution in [2.75, 3.05) is 44.4 Å². The van der Waals surface area contributed by atoms with Crippen LogP contribution in [0.15, 0.2) is 35.2 Å². The van der Waals surface area contributed by atoms with Crippen molar-refractivity contribution >= 4 is 42.8 Å². The van der Waals surface area contributed by atoms with Gasteiger partial charge in [0.2, 0.25) is 10.0 Å². The molecule has 0 saturated carbocycles. The number of likely N-dealkylation sites (tertiary alicyclic amines) is 1. The smallest absolute Gasteiger partial charge is 0.393 e. The molecule has 1 aromatic heterocycles. The van der Waals surface area contributed by atoms with Crippen molar-refractivity contribution < 1.29 is 30.7 Å². The third kappa shape index (κ3) is 6.00. The molecule has 13 heteroatoms. The summed E-state index contributed by atoms with van der Waals surface area (Å²) >= 11 is 1.16. The summed E-state index contributed by atoms with van der Waals surface area (Å²) in [6, 6.07) is 7.72. The molecule has 7 nitrogen and oxygen atoms in total. The summed E-state index contributed by atoms with van der Waals surface area (Å²) in [5.41, 5.74) is 1.79. The van der Waals surface area contributed by atoms with Crippen LogP contribution in [0.25, 0.3) is 10.1 Å². The molecule has 1 fully saturated rings. The van der Waals surface area contributed by atoms with E-state index in [1.54, 1.807) is 24.3 Å². The van der Waals surface area contributed by atoms with Gasteiger partial charge >= 0.3 is 6.18 Å². The van der Waals surface area contributed by atoms with E-state index in [2.05, 4.69) is 27.2 Å². The van der Waals surface area contributed by atoms with Gasteiger partial charge in [0.05, 0.1) is 52.0 Å². The maximum absolute atomic E-state index is 14.7. The number of nitrogens with one attached hydrogen (secondary N) is 3. The fourth-order valence-corrected chi connectivity index (χ4v) is 7.41. The minimum absolute atomic E-state index is 0.0826. The van der Waals surface area contributed by atoms with E-state index in [1.165, 1.54) is 13.2 Å². The highest BCUT2D eigenvalue weighted by atomic mass is 32.2. The zero-order chi connectivity index (χ0) is 28.7. The van der Waals surface area contributed by atoms with Crippen LogP contribution in [0.1, 0.15) is 22.4 Å². The number of hydrogen-bond donors (Lipinski definition) is 3. The van der Waals surface area contributed by atoms with Gasteiger partial charge < -0.3 is 20.3 Å². The van der Waals surface area contributed by atoms with Gasteiger partial charge in [0.1, 0.15) is 11.9 Å². The van der Waals surface area contributed by atoms with Crippen molar-refractivity contribution in [3.05, 3.63) is 46.3 Å². The standard InChI is InChI=1S/C27H28F4N4O3S2/c1-35-10-8-20(19(28)15-35)34-21-6-3-5-17-18(13-27(29,30)31)24(39-26(17)21)7-4-9-32-22-11-16-14-33-40(36,37)25(16)12-23(22)38-2/h3,5-6,11-12,19-20,32-34H,8-10,13-15H2,1-2H3/t19-,20+/m0/s1. The van der Waals surface area contributed by atoms with Crippen molar-refractivity contribution in [3.63, 3.8) is 0 Å². The van der Waals surface area contributed by atoms with Crippen LogP contribution in [0.5, 0.6) is 5.75 Å². The fourth-order valence-electron chi connectivity index (χ4n) is 5.00. The number of anilines is 2. The van der Waals surface area contributed by atoms with E-state index in [9.17, 15) is 26.0 Å². The summed E-state index contributed by atoms with van der Waals surface area (Å²) < 4.78 is 87.9. The molecule has 3 aromatic rings. The lowest BCUT2D eigenvalue weighted by Gasteiger charge is -2.33. The van der Waals surface area contributed by atoms with E-state index in [-0.39, 0.29) is 23.5 Å². The Bertz CT molecular complexity index is 1590. The van der Waals surface area contributed by atoms with Crippen molar-refractivity contribution in [2.45, 2.75) is 42.7 Å². The van der Waals surface area contributed by atoms with Gasteiger partial charge in [-0.25, -0.2) is 17.5 Å². The van der Waals surface area contributed by atoms with E-state index in [0.717, 1.165) is 17.9 Å². The molecule has 2 atom stereocenters. The summed E-state index contributed by atoms with van der Waals surface area (Å²) in [6.07, 6.45) is -6.08. The summed E-state index contributed by atoms with van der Waals surface area (Å²) in [6.45, 7) is 1.26. The molecule has 0 amide bonds. The molecule has 214 valence electrons. The maximum atomic E-state index is 14.7. The van der Waals surface area contributed by atoms with Crippen LogP contribution in [-0.2, 0) is 23.0 Å². The Labute approximate surface area is 233 Å². The Morgan fingerprint density at radius 2 is 2.05 bits per heavy atom. The van der Waals surface area contributed by atoms with Gasteiger partial charge in [-0.2, -0.15) is 13.2 Å². The van der Waals surface area contributed by atoms with Gasteiger partial charge in [-0.15, -0.1) is 11.3 Å². The number of nitrogens with zero attached hydrogens (tertiary/aromatic N) is 1. The number of alkyl halides is 4.